The lowest BCUT2D eigenvalue weighted by Gasteiger charge is -2.36. The van der Waals surface area contributed by atoms with Gasteiger partial charge in [0.2, 0.25) is 5.91 Å². The van der Waals surface area contributed by atoms with E-state index in [2.05, 4.69) is 41.5 Å². The van der Waals surface area contributed by atoms with Gasteiger partial charge in [-0.2, -0.15) is 0 Å². The Labute approximate surface area is 169 Å². The summed E-state index contributed by atoms with van der Waals surface area (Å²) in [6, 6.07) is 1.49. The smallest absolute Gasteiger partial charge is 0.237 e. The van der Waals surface area contributed by atoms with Crippen molar-refractivity contribution in [3.05, 3.63) is 0 Å². The summed E-state index contributed by atoms with van der Waals surface area (Å²) in [4.78, 5) is 17.9. The van der Waals surface area contributed by atoms with Crippen LogP contribution in [0.5, 0.6) is 0 Å². The van der Waals surface area contributed by atoms with Gasteiger partial charge in [-0.3, -0.25) is 9.69 Å². The first kappa shape index (κ1) is 20.5. The van der Waals surface area contributed by atoms with Gasteiger partial charge in [-0.15, -0.1) is 0 Å². The van der Waals surface area contributed by atoms with Crippen molar-refractivity contribution in [2.45, 2.75) is 94.7 Å². The van der Waals surface area contributed by atoms with Gasteiger partial charge in [0.25, 0.3) is 0 Å². The Kier molecular flexibility index (Phi) is 6.29. The van der Waals surface area contributed by atoms with Crippen LogP contribution in [0.25, 0.3) is 0 Å². The molecule has 6 heteroatoms. The third-order valence-corrected chi connectivity index (χ3v) is 8.09. The van der Waals surface area contributed by atoms with Gasteiger partial charge in [-0.1, -0.05) is 6.92 Å². The van der Waals surface area contributed by atoms with Crippen LogP contribution >= 0.6 is 0 Å². The average molecular weight is 395 g/mol. The van der Waals surface area contributed by atoms with Crippen molar-refractivity contribution in [3.8, 4) is 0 Å². The molecule has 0 bridgehead atoms. The fourth-order valence-corrected chi connectivity index (χ4v) is 6.25. The van der Waals surface area contributed by atoms with Crippen molar-refractivity contribution in [3.63, 3.8) is 0 Å². The molecular weight excluding hydrogens is 355 g/mol. The van der Waals surface area contributed by atoms with Gasteiger partial charge in [-0.25, -0.2) is 4.39 Å². The summed E-state index contributed by atoms with van der Waals surface area (Å²) >= 11 is 0. The van der Waals surface area contributed by atoms with Crippen LogP contribution in [0.15, 0.2) is 0 Å². The molecule has 28 heavy (non-hydrogen) atoms. The number of carbonyl (C=O) groups excluding carboxylic acids is 1. The molecule has 2 aliphatic heterocycles. The molecule has 8 unspecified atom stereocenters. The monoisotopic (exact) mass is 394 g/mol. The molecule has 0 aromatic carbocycles. The number of nitrogens with zero attached hydrogens (tertiary/aromatic N) is 2. The maximum Gasteiger partial charge on any atom is 0.237 e. The Bertz CT molecular complexity index is 541. The molecule has 0 aromatic rings. The first-order chi connectivity index (χ1) is 13.4. The molecule has 4 rings (SSSR count). The van der Waals surface area contributed by atoms with E-state index in [0.717, 1.165) is 25.8 Å². The van der Waals surface area contributed by atoms with Crippen LogP contribution in [0.2, 0.25) is 0 Å². The summed E-state index contributed by atoms with van der Waals surface area (Å²) in [6.07, 6.45) is 7.33. The van der Waals surface area contributed by atoms with Crippen LogP contribution in [0.1, 0.15) is 58.3 Å². The second kappa shape index (κ2) is 8.57. The number of hydrogen-bond donors (Lipinski definition) is 2. The molecule has 1 amide bonds. The van der Waals surface area contributed by atoms with Crippen LogP contribution in [-0.4, -0.2) is 79.3 Å². The standard InChI is InChI=1S/C22H39FN4O/c1-14-7-8-19(23)18-12-20(25-21(14)18)22(28)24-15-5-4-6-16(11-15)27-10-9-17(13-27)26(2)3/h14-21,25H,4-13H2,1-3H3,(H,24,28). The van der Waals surface area contributed by atoms with Gasteiger partial charge >= 0.3 is 0 Å². The molecule has 2 N–H and O–H groups in total. The molecule has 8 atom stereocenters. The highest BCUT2D eigenvalue weighted by Crippen LogP contribution is 2.38. The Morgan fingerprint density at radius 1 is 1.14 bits per heavy atom. The SMILES string of the molecule is CC1CCC(F)C2CC(C(=O)NC3CCCC(N4CCC(N(C)C)C4)C3)NC12. The second-order valence-electron chi connectivity index (χ2n) is 10.1. The Morgan fingerprint density at radius 2 is 1.96 bits per heavy atom. The van der Waals surface area contributed by atoms with Crippen molar-refractivity contribution in [2.24, 2.45) is 11.8 Å². The number of alkyl halides is 1. The summed E-state index contributed by atoms with van der Waals surface area (Å²) in [6.45, 7) is 4.53. The van der Waals surface area contributed by atoms with Crippen LogP contribution in [0.3, 0.4) is 0 Å². The van der Waals surface area contributed by atoms with E-state index in [0.29, 0.717) is 30.8 Å². The molecule has 0 spiro atoms. The Hall–Kier alpha value is -0.720. The largest absolute Gasteiger partial charge is 0.352 e. The summed E-state index contributed by atoms with van der Waals surface area (Å²) in [5.74, 6) is 0.590. The minimum atomic E-state index is -0.745. The topological polar surface area (TPSA) is 47.6 Å². The Balaban J connectivity index is 1.29. The quantitative estimate of drug-likeness (QED) is 0.767. The number of likely N-dealkylation sites (N-methyl/N-ethyl adjacent to an activating group) is 1. The van der Waals surface area contributed by atoms with Crippen molar-refractivity contribution < 1.29 is 9.18 Å². The lowest BCUT2D eigenvalue weighted by Crippen LogP contribution is -2.51. The van der Waals surface area contributed by atoms with Gasteiger partial charge in [0.05, 0.1) is 6.04 Å². The van der Waals surface area contributed by atoms with Gasteiger partial charge in [0.15, 0.2) is 0 Å². The van der Waals surface area contributed by atoms with E-state index in [1.807, 2.05) is 0 Å². The fourth-order valence-electron chi connectivity index (χ4n) is 6.25. The number of likely N-dealkylation sites (tertiary alicyclic amines) is 1. The maximum absolute atomic E-state index is 14.3. The van der Waals surface area contributed by atoms with E-state index in [4.69, 9.17) is 0 Å². The first-order valence-electron chi connectivity index (χ1n) is 11.5. The van der Waals surface area contributed by atoms with E-state index in [9.17, 15) is 9.18 Å². The molecule has 2 saturated carbocycles. The third kappa shape index (κ3) is 4.24. The van der Waals surface area contributed by atoms with Crippen LogP contribution in [0.4, 0.5) is 4.39 Å². The summed E-state index contributed by atoms with van der Waals surface area (Å²) in [5.41, 5.74) is 0. The zero-order chi connectivity index (χ0) is 19.8. The molecule has 2 saturated heterocycles. The van der Waals surface area contributed by atoms with Crippen LogP contribution in [-0.2, 0) is 4.79 Å². The van der Waals surface area contributed by atoms with Crippen LogP contribution in [0, 0.1) is 11.8 Å². The number of amides is 1. The number of carbonyl (C=O) groups is 1. The highest BCUT2D eigenvalue weighted by molar-refractivity contribution is 5.82. The van der Waals surface area contributed by atoms with Gasteiger partial charge in [0.1, 0.15) is 6.17 Å². The molecule has 0 radical (unpaired) electrons. The fraction of sp³-hybridized carbons (Fsp3) is 0.955. The first-order valence-corrected chi connectivity index (χ1v) is 11.5. The minimum absolute atomic E-state index is 0.0196. The molecule has 5 nitrogen and oxygen atoms in total. The summed E-state index contributed by atoms with van der Waals surface area (Å²) in [7, 11) is 4.35. The van der Waals surface area contributed by atoms with E-state index >= 15 is 0 Å². The van der Waals surface area contributed by atoms with E-state index < -0.39 is 6.17 Å². The van der Waals surface area contributed by atoms with Crippen molar-refractivity contribution in [1.82, 2.24) is 20.4 Å². The van der Waals surface area contributed by atoms with E-state index in [1.54, 1.807) is 0 Å². The Morgan fingerprint density at radius 3 is 2.68 bits per heavy atom. The van der Waals surface area contributed by atoms with E-state index in [1.165, 1.54) is 25.8 Å². The van der Waals surface area contributed by atoms with Crippen molar-refractivity contribution >= 4 is 5.91 Å². The number of fused-ring (bicyclic) bond motifs is 1. The second-order valence-corrected chi connectivity index (χ2v) is 10.1. The zero-order valence-electron chi connectivity index (χ0n) is 17.9. The number of hydrogen-bond acceptors (Lipinski definition) is 4. The lowest BCUT2D eigenvalue weighted by atomic mass is 9.77. The number of halogens is 1. The predicted octanol–water partition coefficient (Wildman–Crippen LogP) is 2.16. The molecule has 2 aliphatic carbocycles. The van der Waals surface area contributed by atoms with Gasteiger partial charge in [0, 0.05) is 43.2 Å². The zero-order valence-corrected chi connectivity index (χ0v) is 17.9. The number of rotatable bonds is 4. The highest BCUT2D eigenvalue weighted by Gasteiger charge is 2.46. The molecule has 2 heterocycles. The average Bonchev–Trinajstić information content (AvgIpc) is 3.33. The number of nitrogens with one attached hydrogen (secondary N) is 2. The molecular formula is C22H39FN4O. The van der Waals surface area contributed by atoms with E-state index in [-0.39, 0.29) is 30.0 Å². The van der Waals surface area contributed by atoms with Crippen molar-refractivity contribution in [1.29, 1.82) is 0 Å². The molecule has 0 aromatic heterocycles. The molecule has 4 fully saturated rings. The summed E-state index contributed by atoms with van der Waals surface area (Å²) < 4.78 is 14.3. The summed E-state index contributed by atoms with van der Waals surface area (Å²) in [5, 5.41) is 6.81. The molecule has 4 aliphatic rings. The molecule has 160 valence electrons. The van der Waals surface area contributed by atoms with Crippen molar-refractivity contribution in [2.75, 3.05) is 27.2 Å². The highest BCUT2D eigenvalue weighted by atomic mass is 19.1. The predicted molar refractivity (Wildman–Crippen MR) is 110 cm³/mol. The van der Waals surface area contributed by atoms with Crippen LogP contribution < -0.4 is 10.6 Å². The van der Waals surface area contributed by atoms with Gasteiger partial charge in [-0.05, 0) is 71.4 Å². The maximum atomic E-state index is 14.3. The third-order valence-electron chi connectivity index (χ3n) is 8.09. The normalized spacial score (nSPS) is 44.6. The van der Waals surface area contributed by atoms with Gasteiger partial charge < -0.3 is 15.5 Å². The lowest BCUT2D eigenvalue weighted by molar-refractivity contribution is -0.124. The minimum Gasteiger partial charge on any atom is -0.352 e.